The van der Waals surface area contributed by atoms with Crippen LogP contribution in [0.4, 0.5) is 5.82 Å². The van der Waals surface area contributed by atoms with Crippen LogP contribution in [-0.4, -0.2) is 53.1 Å². The quantitative estimate of drug-likeness (QED) is 0.693. The minimum Gasteiger partial charge on any atom is -0.354 e. The number of aryl methyl sites for hydroxylation is 1. The summed E-state index contributed by atoms with van der Waals surface area (Å²) in [5.74, 6) is 3.64. The molecular weight excluding hydrogens is 318 g/mol. The summed E-state index contributed by atoms with van der Waals surface area (Å²) in [4.78, 5) is 2.31. The molecule has 0 amide bonds. The van der Waals surface area contributed by atoms with Gasteiger partial charge in [-0.1, -0.05) is 6.42 Å². The molecule has 5 heterocycles. The van der Waals surface area contributed by atoms with Crippen LogP contribution in [0.15, 0.2) is 12.1 Å². The summed E-state index contributed by atoms with van der Waals surface area (Å²) >= 11 is 0. The molecule has 2 aliphatic heterocycles. The van der Waals surface area contributed by atoms with E-state index in [1.165, 1.54) is 23.9 Å². The fourth-order valence-electron chi connectivity index (χ4n) is 4.01. The van der Waals surface area contributed by atoms with Crippen molar-refractivity contribution in [1.29, 1.82) is 0 Å². The Balaban J connectivity index is 1.41. The van der Waals surface area contributed by atoms with E-state index in [-0.39, 0.29) is 0 Å². The number of hydrogen-bond donors (Lipinski definition) is 0. The summed E-state index contributed by atoms with van der Waals surface area (Å²) in [5, 5.41) is 25.1. The maximum Gasteiger partial charge on any atom is 0.200 e. The van der Waals surface area contributed by atoms with Gasteiger partial charge in [0, 0.05) is 32.0 Å². The highest BCUT2D eigenvalue weighted by atomic mass is 15.6. The molecule has 1 saturated heterocycles. The van der Waals surface area contributed by atoms with E-state index in [4.69, 9.17) is 0 Å². The van der Waals surface area contributed by atoms with E-state index in [9.17, 15) is 0 Å². The second-order valence-electron chi connectivity index (χ2n) is 6.94. The average Bonchev–Trinajstić information content (AvgIpc) is 3.22. The second kappa shape index (κ2) is 6.05. The van der Waals surface area contributed by atoms with Gasteiger partial charge in [0.15, 0.2) is 11.5 Å². The molecule has 9 nitrogen and oxygen atoms in total. The third-order valence-electron chi connectivity index (χ3n) is 5.30. The second-order valence-corrected chi connectivity index (χ2v) is 6.94. The molecule has 3 aromatic heterocycles. The van der Waals surface area contributed by atoms with Crippen molar-refractivity contribution in [3.05, 3.63) is 23.8 Å². The lowest BCUT2D eigenvalue weighted by Crippen LogP contribution is -2.36. The van der Waals surface area contributed by atoms with Gasteiger partial charge in [-0.3, -0.25) is 0 Å². The molecule has 0 saturated carbocycles. The van der Waals surface area contributed by atoms with E-state index in [1.807, 2.05) is 12.1 Å². The number of fused-ring (bicyclic) bond motifs is 2. The van der Waals surface area contributed by atoms with E-state index < -0.39 is 0 Å². The number of aromatic nitrogens is 8. The van der Waals surface area contributed by atoms with Crippen molar-refractivity contribution in [2.45, 2.75) is 51.0 Å². The molecule has 1 fully saturated rings. The average molecular weight is 339 g/mol. The summed E-state index contributed by atoms with van der Waals surface area (Å²) in [6.45, 7) is 2.97. The van der Waals surface area contributed by atoms with E-state index in [0.29, 0.717) is 11.6 Å². The van der Waals surface area contributed by atoms with Crippen LogP contribution in [0.3, 0.4) is 0 Å². The molecule has 130 valence electrons. The Morgan fingerprint density at radius 1 is 0.960 bits per heavy atom. The first-order valence-corrected chi connectivity index (χ1v) is 9.11. The van der Waals surface area contributed by atoms with Crippen molar-refractivity contribution in [3.8, 4) is 0 Å². The van der Waals surface area contributed by atoms with Gasteiger partial charge in [0.05, 0.1) is 0 Å². The smallest absolute Gasteiger partial charge is 0.200 e. The van der Waals surface area contributed by atoms with Gasteiger partial charge < -0.3 is 9.47 Å². The summed E-state index contributed by atoms with van der Waals surface area (Å²) < 4.78 is 3.86. The van der Waals surface area contributed by atoms with Gasteiger partial charge in [-0.15, -0.1) is 25.0 Å². The molecule has 3 aromatic rings. The summed E-state index contributed by atoms with van der Waals surface area (Å²) in [7, 11) is 0. The predicted molar refractivity (Wildman–Crippen MR) is 90.3 cm³/mol. The maximum absolute atomic E-state index is 4.56. The standard InChI is InChI=1S/C16H21N9/c1-2-6-13-17-19-16(24(13)10-3-1)12-5-4-9-23(11-12)15-8-7-14-18-21-22-25(14)20-15/h7-8,12H,1-6,9-11H2/t12-/m0/s1. The van der Waals surface area contributed by atoms with Crippen LogP contribution in [-0.2, 0) is 13.0 Å². The number of hydrogen-bond acceptors (Lipinski definition) is 7. The molecule has 0 N–H and O–H groups in total. The number of nitrogens with zero attached hydrogens (tertiary/aromatic N) is 9. The van der Waals surface area contributed by atoms with Crippen molar-refractivity contribution < 1.29 is 0 Å². The normalized spacial score (nSPS) is 21.3. The number of tetrazole rings is 1. The topological polar surface area (TPSA) is 89.9 Å². The Labute approximate surface area is 145 Å². The zero-order valence-electron chi connectivity index (χ0n) is 14.1. The molecule has 1 atom stereocenters. The molecule has 0 aromatic carbocycles. The third kappa shape index (κ3) is 2.63. The zero-order chi connectivity index (χ0) is 16.6. The van der Waals surface area contributed by atoms with Gasteiger partial charge in [-0.25, -0.2) is 0 Å². The maximum atomic E-state index is 4.56. The van der Waals surface area contributed by atoms with Crippen LogP contribution in [0.25, 0.3) is 5.65 Å². The minimum absolute atomic E-state index is 0.402. The van der Waals surface area contributed by atoms with E-state index >= 15 is 0 Å². The lowest BCUT2D eigenvalue weighted by molar-refractivity contribution is 0.462. The van der Waals surface area contributed by atoms with Crippen molar-refractivity contribution in [3.63, 3.8) is 0 Å². The van der Waals surface area contributed by atoms with Gasteiger partial charge in [-0.2, -0.15) is 0 Å². The van der Waals surface area contributed by atoms with Crippen LogP contribution in [0, 0.1) is 0 Å². The third-order valence-corrected chi connectivity index (χ3v) is 5.30. The predicted octanol–water partition coefficient (Wildman–Crippen LogP) is 1.22. The van der Waals surface area contributed by atoms with Crippen molar-refractivity contribution in [2.24, 2.45) is 0 Å². The van der Waals surface area contributed by atoms with Crippen LogP contribution in [0.1, 0.15) is 49.7 Å². The fraction of sp³-hybridized carbons (Fsp3) is 0.625. The molecule has 5 rings (SSSR count). The first-order chi connectivity index (χ1) is 12.4. The van der Waals surface area contributed by atoms with Gasteiger partial charge in [0.1, 0.15) is 11.6 Å². The molecule has 0 spiro atoms. The highest BCUT2D eigenvalue weighted by molar-refractivity contribution is 5.45. The van der Waals surface area contributed by atoms with E-state index in [2.05, 4.69) is 40.3 Å². The van der Waals surface area contributed by atoms with Crippen LogP contribution in [0.5, 0.6) is 0 Å². The Bertz CT molecular complexity index is 883. The van der Waals surface area contributed by atoms with Crippen molar-refractivity contribution >= 4 is 11.5 Å². The van der Waals surface area contributed by atoms with Crippen LogP contribution in [0.2, 0.25) is 0 Å². The number of piperidine rings is 1. The Kier molecular flexibility index (Phi) is 3.57. The number of rotatable bonds is 2. The summed E-state index contributed by atoms with van der Waals surface area (Å²) in [6, 6.07) is 3.91. The summed E-state index contributed by atoms with van der Waals surface area (Å²) in [6.07, 6.45) is 7.08. The largest absolute Gasteiger partial charge is 0.354 e. The van der Waals surface area contributed by atoms with E-state index in [1.54, 1.807) is 0 Å². The monoisotopic (exact) mass is 339 g/mol. The Hall–Kier alpha value is -2.58. The summed E-state index contributed by atoms with van der Waals surface area (Å²) in [5.41, 5.74) is 0.667. The molecular formula is C16H21N9. The molecule has 9 heteroatoms. The molecule has 0 radical (unpaired) electrons. The molecule has 25 heavy (non-hydrogen) atoms. The lowest BCUT2D eigenvalue weighted by Gasteiger charge is -2.33. The molecule has 2 aliphatic rings. The highest BCUT2D eigenvalue weighted by Gasteiger charge is 2.28. The van der Waals surface area contributed by atoms with Gasteiger partial charge in [0.25, 0.3) is 0 Å². The molecule has 0 bridgehead atoms. The van der Waals surface area contributed by atoms with Crippen LogP contribution < -0.4 is 4.90 Å². The lowest BCUT2D eigenvalue weighted by atomic mass is 9.97. The Morgan fingerprint density at radius 3 is 2.96 bits per heavy atom. The Morgan fingerprint density at radius 2 is 1.96 bits per heavy atom. The van der Waals surface area contributed by atoms with Crippen molar-refractivity contribution in [2.75, 3.05) is 18.0 Å². The van der Waals surface area contributed by atoms with Crippen molar-refractivity contribution in [1.82, 2.24) is 40.0 Å². The first kappa shape index (κ1) is 14.7. The van der Waals surface area contributed by atoms with Gasteiger partial charge in [-0.05, 0) is 48.2 Å². The zero-order valence-corrected chi connectivity index (χ0v) is 14.1. The number of anilines is 1. The fourth-order valence-corrected chi connectivity index (χ4v) is 4.01. The van der Waals surface area contributed by atoms with Gasteiger partial charge in [0.2, 0.25) is 0 Å². The minimum atomic E-state index is 0.402. The molecule has 0 unspecified atom stereocenters. The van der Waals surface area contributed by atoms with E-state index in [0.717, 1.165) is 56.4 Å². The van der Waals surface area contributed by atoms with Gasteiger partial charge >= 0.3 is 0 Å². The molecule has 0 aliphatic carbocycles. The van der Waals surface area contributed by atoms with Crippen LogP contribution >= 0.6 is 0 Å². The first-order valence-electron chi connectivity index (χ1n) is 9.11. The highest BCUT2D eigenvalue weighted by Crippen LogP contribution is 2.29. The SMILES string of the molecule is c1cc2nnnn2nc1N1CCC[C@H](c2nnc3n2CCCCC3)C1.